The third kappa shape index (κ3) is 4.53. The average Bonchev–Trinajstić information content (AvgIpc) is 2.47. The monoisotopic (exact) mass is 308 g/mol. The van der Waals surface area contributed by atoms with Crippen LogP contribution in [0.3, 0.4) is 0 Å². The summed E-state index contributed by atoms with van der Waals surface area (Å²) in [5.41, 5.74) is 0.964. The van der Waals surface area contributed by atoms with Gasteiger partial charge in [0.2, 0.25) is 0 Å². The van der Waals surface area contributed by atoms with E-state index in [0.29, 0.717) is 24.2 Å². The quantitative estimate of drug-likeness (QED) is 0.744. The Bertz CT molecular complexity index is 562. The molecule has 0 spiro atoms. The predicted molar refractivity (Wildman–Crippen MR) is 80.7 cm³/mol. The van der Waals surface area contributed by atoms with Gasteiger partial charge in [0, 0.05) is 12.2 Å². The number of benzene rings is 1. The maximum Gasteiger partial charge on any atom is 0.313 e. The molecule has 0 aliphatic heterocycles. The molecule has 6 heteroatoms. The van der Waals surface area contributed by atoms with Gasteiger partial charge in [0.25, 0.3) is 0 Å². The van der Waals surface area contributed by atoms with Crippen LogP contribution < -0.4 is 10.6 Å². The minimum atomic E-state index is -0.772. The maximum absolute atomic E-state index is 13.0. The van der Waals surface area contributed by atoms with Gasteiger partial charge in [0.05, 0.1) is 6.10 Å². The SMILES string of the molecule is Cc1cc(F)ccc1NC(=O)C(=O)NCC1CCCC(O)C1. The number of amides is 2. The van der Waals surface area contributed by atoms with Gasteiger partial charge < -0.3 is 15.7 Å². The number of rotatable bonds is 3. The maximum atomic E-state index is 13.0. The third-order valence-electron chi connectivity index (χ3n) is 3.95. The minimum Gasteiger partial charge on any atom is -0.393 e. The van der Waals surface area contributed by atoms with E-state index in [1.165, 1.54) is 18.2 Å². The van der Waals surface area contributed by atoms with Crippen LogP contribution in [0.5, 0.6) is 0 Å². The average molecular weight is 308 g/mol. The molecule has 0 heterocycles. The number of anilines is 1. The second kappa shape index (κ2) is 7.35. The van der Waals surface area contributed by atoms with Crippen molar-refractivity contribution in [2.45, 2.75) is 38.7 Å². The van der Waals surface area contributed by atoms with Crippen molar-refractivity contribution >= 4 is 17.5 Å². The molecule has 3 N–H and O–H groups in total. The Balaban J connectivity index is 1.83. The van der Waals surface area contributed by atoms with Gasteiger partial charge in [-0.05, 0) is 55.9 Å². The van der Waals surface area contributed by atoms with Crippen molar-refractivity contribution < 1.29 is 19.1 Å². The molecule has 2 unspecified atom stereocenters. The molecule has 0 aromatic heterocycles. The van der Waals surface area contributed by atoms with Gasteiger partial charge in [0.1, 0.15) is 5.82 Å². The first-order valence-electron chi connectivity index (χ1n) is 7.49. The number of aryl methyl sites for hydroxylation is 1. The third-order valence-corrected chi connectivity index (χ3v) is 3.95. The lowest BCUT2D eigenvalue weighted by molar-refractivity contribution is -0.136. The van der Waals surface area contributed by atoms with E-state index < -0.39 is 17.6 Å². The second-order valence-corrected chi connectivity index (χ2v) is 5.81. The number of aliphatic hydroxyl groups is 1. The van der Waals surface area contributed by atoms with E-state index in [1.807, 2.05) is 0 Å². The number of nitrogens with one attached hydrogen (secondary N) is 2. The molecule has 1 aromatic rings. The standard InChI is InChI=1S/C16H21FN2O3/c1-10-7-12(17)5-6-14(10)19-16(22)15(21)18-9-11-3-2-4-13(20)8-11/h5-7,11,13,20H,2-4,8-9H2,1H3,(H,18,21)(H,19,22). The van der Waals surface area contributed by atoms with E-state index in [-0.39, 0.29) is 12.0 Å². The molecule has 2 atom stereocenters. The molecular weight excluding hydrogens is 287 g/mol. The summed E-state index contributed by atoms with van der Waals surface area (Å²) in [6.45, 7) is 2.03. The zero-order chi connectivity index (χ0) is 16.1. The van der Waals surface area contributed by atoms with Crippen molar-refractivity contribution in [1.29, 1.82) is 0 Å². The molecule has 1 aromatic carbocycles. The molecule has 0 saturated heterocycles. The fraction of sp³-hybridized carbons (Fsp3) is 0.500. The first-order chi connectivity index (χ1) is 10.5. The minimum absolute atomic E-state index is 0.202. The highest BCUT2D eigenvalue weighted by Crippen LogP contribution is 2.23. The molecule has 1 aliphatic rings. The Morgan fingerprint density at radius 2 is 2.09 bits per heavy atom. The Morgan fingerprint density at radius 1 is 1.32 bits per heavy atom. The van der Waals surface area contributed by atoms with E-state index in [2.05, 4.69) is 10.6 Å². The van der Waals surface area contributed by atoms with Crippen LogP contribution in [0, 0.1) is 18.7 Å². The Hall–Kier alpha value is -1.95. The summed E-state index contributed by atoms with van der Waals surface area (Å²) < 4.78 is 13.0. The molecule has 0 bridgehead atoms. The number of carbonyl (C=O) groups is 2. The van der Waals surface area contributed by atoms with Crippen molar-refractivity contribution in [3.05, 3.63) is 29.6 Å². The summed E-state index contributed by atoms with van der Waals surface area (Å²) in [5, 5.41) is 14.6. The van der Waals surface area contributed by atoms with E-state index in [0.717, 1.165) is 19.3 Å². The van der Waals surface area contributed by atoms with Gasteiger partial charge in [-0.25, -0.2) is 4.39 Å². The number of carbonyl (C=O) groups excluding carboxylic acids is 2. The molecule has 1 aliphatic carbocycles. The number of halogens is 1. The highest BCUT2D eigenvalue weighted by molar-refractivity contribution is 6.39. The zero-order valence-electron chi connectivity index (χ0n) is 12.6. The fourth-order valence-corrected chi connectivity index (χ4v) is 2.71. The fourth-order valence-electron chi connectivity index (χ4n) is 2.71. The summed E-state index contributed by atoms with van der Waals surface area (Å²) in [6, 6.07) is 3.94. The van der Waals surface area contributed by atoms with E-state index in [4.69, 9.17) is 0 Å². The molecule has 1 fully saturated rings. The van der Waals surface area contributed by atoms with Crippen molar-refractivity contribution in [3.63, 3.8) is 0 Å². The molecule has 5 nitrogen and oxygen atoms in total. The lowest BCUT2D eigenvalue weighted by atomic mass is 9.87. The van der Waals surface area contributed by atoms with Crippen molar-refractivity contribution in [2.75, 3.05) is 11.9 Å². The number of aliphatic hydroxyl groups excluding tert-OH is 1. The van der Waals surface area contributed by atoms with Crippen LogP contribution in [0.1, 0.15) is 31.2 Å². The summed E-state index contributed by atoms with van der Waals surface area (Å²) >= 11 is 0. The molecular formula is C16H21FN2O3. The van der Waals surface area contributed by atoms with Crippen LogP contribution in [0.4, 0.5) is 10.1 Å². The van der Waals surface area contributed by atoms with E-state index in [1.54, 1.807) is 6.92 Å². The van der Waals surface area contributed by atoms with Crippen LogP contribution >= 0.6 is 0 Å². The van der Waals surface area contributed by atoms with Crippen LogP contribution in [0.2, 0.25) is 0 Å². The smallest absolute Gasteiger partial charge is 0.313 e. The highest BCUT2D eigenvalue weighted by Gasteiger charge is 2.22. The van der Waals surface area contributed by atoms with Gasteiger partial charge in [-0.2, -0.15) is 0 Å². The first kappa shape index (κ1) is 16.4. The first-order valence-corrected chi connectivity index (χ1v) is 7.49. The molecule has 2 amide bonds. The van der Waals surface area contributed by atoms with Gasteiger partial charge in [-0.1, -0.05) is 6.42 Å². The van der Waals surface area contributed by atoms with Crippen LogP contribution in [-0.4, -0.2) is 29.6 Å². The predicted octanol–water partition coefficient (Wildman–Crippen LogP) is 1.74. The summed E-state index contributed by atoms with van der Waals surface area (Å²) in [4.78, 5) is 23.6. The summed E-state index contributed by atoms with van der Waals surface area (Å²) in [7, 11) is 0. The highest BCUT2D eigenvalue weighted by atomic mass is 19.1. The van der Waals surface area contributed by atoms with Gasteiger partial charge in [0.15, 0.2) is 0 Å². The van der Waals surface area contributed by atoms with Crippen molar-refractivity contribution in [3.8, 4) is 0 Å². The number of hydrogen-bond acceptors (Lipinski definition) is 3. The summed E-state index contributed by atoms with van der Waals surface area (Å²) in [6.07, 6.45) is 3.01. The van der Waals surface area contributed by atoms with Crippen LogP contribution in [0.15, 0.2) is 18.2 Å². The lowest BCUT2D eigenvalue weighted by Gasteiger charge is -2.25. The van der Waals surface area contributed by atoms with E-state index in [9.17, 15) is 19.1 Å². The largest absolute Gasteiger partial charge is 0.393 e. The Kier molecular flexibility index (Phi) is 5.49. The van der Waals surface area contributed by atoms with Crippen LogP contribution in [-0.2, 0) is 9.59 Å². The molecule has 2 rings (SSSR count). The topological polar surface area (TPSA) is 78.4 Å². The second-order valence-electron chi connectivity index (χ2n) is 5.81. The lowest BCUT2D eigenvalue weighted by Crippen LogP contribution is -2.39. The van der Waals surface area contributed by atoms with Gasteiger partial charge in [-0.3, -0.25) is 9.59 Å². The van der Waals surface area contributed by atoms with Gasteiger partial charge in [-0.15, -0.1) is 0 Å². The van der Waals surface area contributed by atoms with E-state index >= 15 is 0 Å². The zero-order valence-corrected chi connectivity index (χ0v) is 12.6. The van der Waals surface area contributed by atoms with Crippen molar-refractivity contribution in [1.82, 2.24) is 5.32 Å². The van der Waals surface area contributed by atoms with Crippen molar-refractivity contribution in [2.24, 2.45) is 5.92 Å². The Labute approximate surface area is 128 Å². The molecule has 1 saturated carbocycles. The van der Waals surface area contributed by atoms with Crippen LogP contribution in [0.25, 0.3) is 0 Å². The molecule has 0 radical (unpaired) electrons. The molecule has 120 valence electrons. The summed E-state index contributed by atoms with van der Waals surface area (Å²) in [5.74, 6) is -1.68. The Morgan fingerprint density at radius 3 is 2.77 bits per heavy atom. The molecule has 22 heavy (non-hydrogen) atoms. The van der Waals surface area contributed by atoms with Gasteiger partial charge >= 0.3 is 11.8 Å². The normalized spacial score (nSPS) is 21.2. The number of hydrogen-bond donors (Lipinski definition) is 3.